The number of aryl methyl sites for hydroxylation is 1. The molecule has 0 saturated heterocycles. The molecule has 0 aromatic heterocycles. The molecule has 3 nitrogen and oxygen atoms in total. The van der Waals surface area contributed by atoms with Crippen LogP contribution in [0.4, 0.5) is 8.78 Å². The SMILES string of the molecule is CC(C)C(O)(CCc1cc(F)cc(F)c1)CC(=O)O. The number of rotatable bonds is 6. The van der Waals surface area contributed by atoms with E-state index in [-0.39, 0.29) is 25.2 Å². The Labute approximate surface area is 110 Å². The molecule has 1 aromatic carbocycles. The summed E-state index contributed by atoms with van der Waals surface area (Å²) in [6.45, 7) is 3.43. The van der Waals surface area contributed by atoms with Gasteiger partial charge in [-0.2, -0.15) is 0 Å². The highest BCUT2D eigenvalue weighted by Crippen LogP contribution is 2.27. The zero-order valence-electron chi connectivity index (χ0n) is 11.0. The zero-order chi connectivity index (χ0) is 14.6. The van der Waals surface area contributed by atoms with E-state index in [1.54, 1.807) is 13.8 Å². The van der Waals surface area contributed by atoms with Gasteiger partial charge in [0.1, 0.15) is 11.6 Å². The van der Waals surface area contributed by atoms with Gasteiger partial charge in [0.25, 0.3) is 0 Å². The normalized spacial score (nSPS) is 14.4. The largest absolute Gasteiger partial charge is 0.481 e. The maximum absolute atomic E-state index is 13.0. The number of carboxylic acid groups (broad SMARTS) is 1. The molecule has 1 atom stereocenters. The highest BCUT2D eigenvalue weighted by molar-refractivity contribution is 5.68. The van der Waals surface area contributed by atoms with Crippen LogP contribution in [0, 0.1) is 17.6 Å². The van der Waals surface area contributed by atoms with Crippen LogP contribution in [0.15, 0.2) is 18.2 Å². The fourth-order valence-corrected chi connectivity index (χ4v) is 1.96. The standard InChI is InChI=1S/C14H18F2O3/c1-9(2)14(19,8-13(17)18)4-3-10-5-11(15)7-12(16)6-10/h5-7,9,19H,3-4,8H2,1-2H3,(H,17,18). The number of hydrogen-bond acceptors (Lipinski definition) is 2. The Morgan fingerprint density at radius 3 is 2.21 bits per heavy atom. The quantitative estimate of drug-likeness (QED) is 0.837. The summed E-state index contributed by atoms with van der Waals surface area (Å²) in [6.07, 6.45) is -0.0288. The molecule has 0 spiro atoms. The minimum Gasteiger partial charge on any atom is -0.481 e. The molecular formula is C14H18F2O3. The topological polar surface area (TPSA) is 57.5 Å². The first kappa shape index (κ1) is 15.6. The molecule has 0 aliphatic carbocycles. The number of halogens is 2. The van der Waals surface area contributed by atoms with Crippen molar-refractivity contribution in [2.24, 2.45) is 5.92 Å². The lowest BCUT2D eigenvalue weighted by Gasteiger charge is -2.30. The van der Waals surface area contributed by atoms with Gasteiger partial charge in [-0.3, -0.25) is 4.79 Å². The number of hydrogen-bond donors (Lipinski definition) is 2. The minimum absolute atomic E-state index is 0.139. The molecule has 5 heteroatoms. The Morgan fingerprint density at radius 1 is 1.26 bits per heavy atom. The maximum atomic E-state index is 13.0. The number of benzene rings is 1. The van der Waals surface area contributed by atoms with Gasteiger partial charge in [0.05, 0.1) is 12.0 Å². The van der Waals surface area contributed by atoms with Crippen molar-refractivity contribution in [3.05, 3.63) is 35.4 Å². The van der Waals surface area contributed by atoms with Crippen molar-refractivity contribution in [3.63, 3.8) is 0 Å². The molecule has 0 aliphatic heterocycles. The molecule has 0 fully saturated rings. The van der Waals surface area contributed by atoms with Crippen LogP contribution in [0.1, 0.15) is 32.3 Å². The second kappa shape index (κ2) is 6.10. The summed E-state index contributed by atoms with van der Waals surface area (Å²) in [6, 6.07) is 3.14. The number of carbonyl (C=O) groups is 1. The molecule has 0 radical (unpaired) electrons. The van der Waals surface area contributed by atoms with Crippen LogP contribution in [-0.4, -0.2) is 21.8 Å². The molecule has 0 amide bonds. The molecule has 19 heavy (non-hydrogen) atoms. The van der Waals surface area contributed by atoms with Gasteiger partial charge in [-0.1, -0.05) is 13.8 Å². The van der Waals surface area contributed by atoms with Gasteiger partial charge in [0, 0.05) is 6.07 Å². The van der Waals surface area contributed by atoms with Crippen LogP contribution in [-0.2, 0) is 11.2 Å². The summed E-state index contributed by atoms with van der Waals surface area (Å²) in [5.41, 5.74) is -0.976. The van der Waals surface area contributed by atoms with Crippen molar-refractivity contribution in [1.82, 2.24) is 0 Å². The van der Waals surface area contributed by atoms with E-state index in [9.17, 15) is 18.7 Å². The van der Waals surface area contributed by atoms with E-state index in [0.717, 1.165) is 6.07 Å². The first-order valence-corrected chi connectivity index (χ1v) is 6.12. The third-order valence-corrected chi connectivity index (χ3v) is 3.30. The van der Waals surface area contributed by atoms with Gasteiger partial charge in [-0.05, 0) is 36.5 Å². The highest BCUT2D eigenvalue weighted by Gasteiger charge is 2.33. The summed E-state index contributed by atoms with van der Waals surface area (Å²) in [5, 5.41) is 19.1. The fraction of sp³-hybridized carbons (Fsp3) is 0.500. The summed E-state index contributed by atoms with van der Waals surface area (Å²) in [4.78, 5) is 10.8. The van der Waals surface area contributed by atoms with Crippen molar-refractivity contribution in [3.8, 4) is 0 Å². The highest BCUT2D eigenvalue weighted by atomic mass is 19.1. The molecule has 1 rings (SSSR count). The molecule has 106 valence electrons. The van der Waals surface area contributed by atoms with Crippen molar-refractivity contribution in [2.75, 3.05) is 0 Å². The summed E-state index contributed by atoms with van der Waals surface area (Å²) < 4.78 is 26.0. The van der Waals surface area contributed by atoms with Crippen molar-refractivity contribution in [2.45, 2.75) is 38.7 Å². The predicted octanol–water partition coefficient (Wildman–Crippen LogP) is 2.76. The molecule has 0 heterocycles. The minimum atomic E-state index is -1.38. The Bertz CT molecular complexity index is 440. The summed E-state index contributed by atoms with van der Waals surface area (Å²) >= 11 is 0. The predicted molar refractivity (Wildman–Crippen MR) is 66.7 cm³/mol. The third-order valence-electron chi connectivity index (χ3n) is 3.30. The van der Waals surface area contributed by atoms with Crippen LogP contribution in [0.2, 0.25) is 0 Å². The van der Waals surface area contributed by atoms with Crippen LogP contribution < -0.4 is 0 Å². The summed E-state index contributed by atoms with van der Waals surface area (Å²) in [7, 11) is 0. The zero-order valence-corrected chi connectivity index (χ0v) is 11.0. The van der Waals surface area contributed by atoms with E-state index in [4.69, 9.17) is 5.11 Å². The molecular weight excluding hydrogens is 254 g/mol. The van der Waals surface area contributed by atoms with Crippen LogP contribution >= 0.6 is 0 Å². The Hall–Kier alpha value is -1.49. The second-order valence-corrected chi connectivity index (χ2v) is 5.11. The van der Waals surface area contributed by atoms with E-state index < -0.39 is 23.2 Å². The van der Waals surface area contributed by atoms with Gasteiger partial charge < -0.3 is 10.2 Å². The first-order valence-electron chi connectivity index (χ1n) is 6.12. The van der Waals surface area contributed by atoms with Crippen LogP contribution in [0.3, 0.4) is 0 Å². The summed E-state index contributed by atoms with van der Waals surface area (Å²) in [5.74, 6) is -2.72. The Kier molecular flexibility index (Phi) is 5.00. The van der Waals surface area contributed by atoms with Gasteiger partial charge in [-0.25, -0.2) is 8.78 Å². The second-order valence-electron chi connectivity index (χ2n) is 5.11. The number of aliphatic hydroxyl groups is 1. The van der Waals surface area contributed by atoms with E-state index in [0.29, 0.717) is 5.56 Å². The molecule has 2 N–H and O–H groups in total. The van der Waals surface area contributed by atoms with Crippen molar-refractivity contribution < 1.29 is 23.8 Å². The van der Waals surface area contributed by atoms with E-state index in [1.807, 2.05) is 0 Å². The lowest BCUT2D eigenvalue weighted by atomic mass is 9.82. The average molecular weight is 272 g/mol. The van der Waals surface area contributed by atoms with Crippen molar-refractivity contribution >= 4 is 5.97 Å². The number of aliphatic carboxylic acids is 1. The number of carboxylic acids is 1. The monoisotopic (exact) mass is 272 g/mol. The van der Waals surface area contributed by atoms with Crippen molar-refractivity contribution in [1.29, 1.82) is 0 Å². The fourth-order valence-electron chi connectivity index (χ4n) is 1.96. The Balaban J connectivity index is 2.78. The van der Waals surface area contributed by atoms with E-state index in [1.165, 1.54) is 12.1 Å². The molecule has 1 aromatic rings. The third kappa shape index (κ3) is 4.59. The molecule has 1 unspecified atom stereocenters. The van der Waals surface area contributed by atoms with E-state index >= 15 is 0 Å². The van der Waals surface area contributed by atoms with Crippen LogP contribution in [0.25, 0.3) is 0 Å². The van der Waals surface area contributed by atoms with Gasteiger partial charge in [-0.15, -0.1) is 0 Å². The lowest BCUT2D eigenvalue weighted by Crippen LogP contribution is -2.38. The van der Waals surface area contributed by atoms with Gasteiger partial charge in [0.2, 0.25) is 0 Å². The average Bonchev–Trinajstić information content (AvgIpc) is 2.24. The lowest BCUT2D eigenvalue weighted by molar-refractivity contribution is -0.145. The molecule has 0 saturated carbocycles. The molecule has 0 aliphatic rings. The van der Waals surface area contributed by atoms with E-state index in [2.05, 4.69) is 0 Å². The van der Waals surface area contributed by atoms with Crippen LogP contribution in [0.5, 0.6) is 0 Å². The Morgan fingerprint density at radius 2 is 1.79 bits per heavy atom. The van der Waals surface area contributed by atoms with Gasteiger partial charge in [0.15, 0.2) is 0 Å². The maximum Gasteiger partial charge on any atom is 0.306 e. The smallest absolute Gasteiger partial charge is 0.306 e. The molecule has 0 bridgehead atoms. The first-order chi connectivity index (χ1) is 8.73. The van der Waals surface area contributed by atoms with Gasteiger partial charge >= 0.3 is 5.97 Å².